The quantitative estimate of drug-likeness (QED) is 0.793. The van der Waals surface area contributed by atoms with Crippen molar-refractivity contribution in [2.24, 2.45) is 0 Å². The predicted octanol–water partition coefficient (Wildman–Crippen LogP) is 3.95. The molecule has 0 saturated heterocycles. The topological polar surface area (TPSA) is 51.8 Å². The summed E-state index contributed by atoms with van der Waals surface area (Å²) in [5, 5.41) is 0. The van der Waals surface area contributed by atoms with Crippen LogP contribution in [0.15, 0.2) is 22.7 Å². The van der Waals surface area contributed by atoms with E-state index in [2.05, 4.69) is 25.9 Å². The Balaban J connectivity index is 2.72. The van der Waals surface area contributed by atoms with E-state index < -0.39 is 23.1 Å². The third-order valence-electron chi connectivity index (χ3n) is 2.57. The first kappa shape index (κ1) is 14.7. The monoisotopic (exact) mass is 349 g/mol. The fourth-order valence-electron chi connectivity index (χ4n) is 1.65. The Hall–Kier alpha value is -1.70. The van der Waals surface area contributed by atoms with Crippen molar-refractivity contribution in [3.8, 4) is 11.4 Å². The van der Waals surface area contributed by atoms with E-state index in [1.165, 1.54) is 0 Å². The number of aromatic nitrogens is 2. The van der Waals surface area contributed by atoms with Crippen LogP contribution in [0.1, 0.15) is 11.3 Å². The van der Waals surface area contributed by atoms with Gasteiger partial charge in [0.1, 0.15) is 11.6 Å². The zero-order valence-electron chi connectivity index (χ0n) is 10.1. The van der Waals surface area contributed by atoms with E-state index in [1.807, 2.05) is 0 Å². The standard InChI is InChI=1S/C12H8BrF4N3/c1-5-9(13)10(18)20-11(19-5)7-4-6(14)2-3-8(7)12(15,16)17/h2-4H,1H3,(H2,18,19,20). The van der Waals surface area contributed by atoms with Gasteiger partial charge in [0.05, 0.1) is 15.7 Å². The summed E-state index contributed by atoms with van der Waals surface area (Å²) < 4.78 is 52.4. The molecule has 2 N–H and O–H groups in total. The van der Waals surface area contributed by atoms with Gasteiger partial charge in [0.25, 0.3) is 0 Å². The number of anilines is 1. The van der Waals surface area contributed by atoms with E-state index in [1.54, 1.807) is 6.92 Å². The van der Waals surface area contributed by atoms with Gasteiger partial charge >= 0.3 is 6.18 Å². The second kappa shape index (κ2) is 5.01. The molecule has 2 aromatic rings. The van der Waals surface area contributed by atoms with E-state index in [9.17, 15) is 17.6 Å². The fraction of sp³-hybridized carbons (Fsp3) is 0.167. The van der Waals surface area contributed by atoms with Crippen molar-refractivity contribution in [3.63, 3.8) is 0 Å². The van der Waals surface area contributed by atoms with Gasteiger partial charge in [-0.2, -0.15) is 13.2 Å². The van der Waals surface area contributed by atoms with Crippen molar-refractivity contribution < 1.29 is 17.6 Å². The summed E-state index contributed by atoms with van der Waals surface area (Å²) in [6.07, 6.45) is -4.64. The predicted molar refractivity (Wildman–Crippen MR) is 69.3 cm³/mol. The maximum Gasteiger partial charge on any atom is 0.417 e. The molecule has 20 heavy (non-hydrogen) atoms. The molecule has 0 aliphatic heterocycles. The van der Waals surface area contributed by atoms with Crippen LogP contribution in [0.4, 0.5) is 23.4 Å². The van der Waals surface area contributed by atoms with Crippen LogP contribution in [-0.2, 0) is 6.18 Å². The van der Waals surface area contributed by atoms with Crippen molar-refractivity contribution >= 4 is 21.7 Å². The van der Waals surface area contributed by atoms with Gasteiger partial charge in [-0.3, -0.25) is 0 Å². The number of nitrogens with zero attached hydrogens (tertiary/aromatic N) is 2. The summed E-state index contributed by atoms with van der Waals surface area (Å²) >= 11 is 3.11. The maximum atomic E-state index is 13.2. The number of nitrogen functional groups attached to an aromatic ring is 1. The highest BCUT2D eigenvalue weighted by Gasteiger charge is 2.34. The van der Waals surface area contributed by atoms with Crippen molar-refractivity contribution in [1.82, 2.24) is 9.97 Å². The average Bonchev–Trinajstić information content (AvgIpc) is 2.33. The molecule has 106 valence electrons. The van der Waals surface area contributed by atoms with Crippen molar-refractivity contribution in [3.05, 3.63) is 39.7 Å². The van der Waals surface area contributed by atoms with Gasteiger partial charge in [-0.05, 0) is 41.1 Å². The SMILES string of the molecule is Cc1nc(-c2cc(F)ccc2C(F)(F)F)nc(N)c1Br. The molecule has 0 saturated carbocycles. The van der Waals surface area contributed by atoms with Crippen LogP contribution in [0.2, 0.25) is 0 Å². The van der Waals surface area contributed by atoms with Crippen molar-refractivity contribution in [2.75, 3.05) is 5.73 Å². The molecule has 3 nitrogen and oxygen atoms in total. The summed E-state index contributed by atoms with van der Waals surface area (Å²) in [5.41, 5.74) is 4.49. The molecular weight excluding hydrogens is 342 g/mol. The molecule has 0 fully saturated rings. The maximum absolute atomic E-state index is 13.2. The molecule has 0 amide bonds. The summed E-state index contributed by atoms with van der Waals surface area (Å²) in [7, 11) is 0. The van der Waals surface area contributed by atoms with E-state index in [0.717, 1.165) is 12.1 Å². The van der Waals surface area contributed by atoms with Crippen LogP contribution < -0.4 is 5.73 Å². The molecule has 0 aliphatic rings. The first-order valence-electron chi connectivity index (χ1n) is 5.37. The van der Waals surface area contributed by atoms with Gasteiger partial charge in [0.2, 0.25) is 0 Å². The highest BCUT2D eigenvalue weighted by Crippen LogP contribution is 2.37. The van der Waals surface area contributed by atoms with Gasteiger partial charge in [-0.1, -0.05) is 0 Å². The minimum Gasteiger partial charge on any atom is -0.383 e. The lowest BCUT2D eigenvalue weighted by atomic mass is 10.1. The van der Waals surface area contributed by atoms with E-state index >= 15 is 0 Å². The minimum absolute atomic E-state index is 0.00937. The van der Waals surface area contributed by atoms with E-state index in [-0.39, 0.29) is 11.6 Å². The number of alkyl halides is 3. The lowest BCUT2D eigenvalue weighted by Gasteiger charge is -2.13. The largest absolute Gasteiger partial charge is 0.417 e. The number of hydrogen-bond donors (Lipinski definition) is 1. The van der Waals surface area contributed by atoms with Crippen LogP contribution in [0, 0.1) is 12.7 Å². The molecule has 0 unspecified atom stereocenters. The second-order valence-electron chi connectivity index (χ2n) is 4.02. The Labute approximate surface area is 120 Å². The van der Waals surface area contributed by atoms with Gasteiger partial charge in [0.15, 0.2) is 5.82 Å². The van der Waals surface area contributed by atoms with Gasteiger partial charge in [-0.25, -0.2) is 14.4 Å². The highest BCUT2D eigenvalue weighted by atomic mass is 79.9. The minimum atomic E-state index is -4.64. The third-order valence-corrected chi connectivity index (χ3v) is 3.55. The lowest BCUT2D eigenvalue weighted by Crippen LogP contribution is -2.09. The molecule has 1 aromatic carbocycles. The van der Waals surface area contributed by atoms with Gasteiger partial charge in [-0.15, -0.1) is 0 Å². The summed E-state index contributed by atoms with van der Waals surface area (Å²) in [6.45, 7) is 1.55. The number of rotatable bonds is 1. The third kappa shape index (κ3) is 2.74. The van der Waals surface area contributed by atoms with E-state index in [4.69, 9.17) is 5.73 Å². The Bertz CT molecular complexity index is 647. The molecule has 2 rings (SSSR count). The Morgan fingerprint density at radius 2 is 1.85 bits per heavy atom. The van der Waals surface area contributed by atoms with Crippen molar-refractivity contribution in [2.45, 2.75) is 13.1 Å². The second-order valence-corrected chi connectivity index (χ2v) is 4.81. The molecule has 0 spiro atoms. The first-order chi connectivity index (χ1) is 9.20. The molecule has 1 heterocycles. The van der Waals surface area contributed by atoms with Crippen LogP contribution in [-0.4, -0.2) is 9.97 Å². The Morgan fingerprint density at radius 1 is 1.20 bits per heavy atom. The zero-order valence-corrected chi connectivity index (χ0v) is 11.7. The average molecular weight is 350 g/mol. The molecule has 0 aliphatic carbocycles. The number of nitrogens with two attached hydrogens (primary N) is 1. The normalized spacial score (nSPS) is 11.7. The summed E-state index contributed by atoms with van der Waals surface area (Å²) in [5.74, 6) is -1.09. The van der Waals surface area contributed by atoms with Gasteiger partial charge < -0.3 is 5.73 Å². The summed E-state index contributed by atoms with van der Waals surface area (Å²) in [4.78, 5) is 7.69. The number of benzene rings is 1. The van der Waals surface area contributed by atoms with Crippen LogP contribution in [0.3, 0.4) is 0 Å². The molecule has 0 radical (unpaired) electrons. The van der Waals surface area contributed by atoms with Crippen LogP contribution in [0.25, 0.3) is 11.4 Å². The molecule has 1 aromatic heterocycles. The fourth-order valence-corrected chi connectivity index (χ4v) is 1.83. The highest BCUT2D eigenvalue weighted by molar-refractivity contribution is 9.10. The molecule has 0 bridgehead atoms. The smallest absolute Gasteiger partial charge is 0.383 e. The number of aryl methyl sites for hydroxylation is 1. The summed E-state index contributed by atoms with van der Waals surface area (Å²) in [6, 6.07) is 2.13. The molecule has 8 heteroatoms. The van der Waals surface area contributed by atoms with Crippen LogP contribution >= 0.6 is 15.9 Å². The zero-order chi connectivity index (χ0) is 15.1. The van der Waals surface area contributed by atoms with Crippen LogP contribution in [0.5, 0.6) is 0 Å². The molecule has 0 atom stereocenters. The number of halogens is 5. The Morgan fingerprint density at radius 3 is 2.40 bits per heavy atom. The first-order valence-corrected chi connectivity index (χ1v) is 6.16. The Kier molecular flexibility index (Phi) is 3.68. The van der Waals surface area contributed by atoms with Gasteiger partial charge in [0, 0.05) is 5.56 Å². The molecular formula is C12H8BrF4N3. The van der Waals surface area contributed by atoms with Crippen molar-refractivity contribution in [1.29, 1.82) is 0 Å². The van der Waals surface area contributed by atoms with E-state index in [0.29, 0.717) is 16.2 Å². The lowest BCUT2D eigenvalue weighted by molar-refractivity contribution is -0.137. The number of hydrogen-bond acceptors (Lipinski definition) is 3.